The number of likely N-dealkylation sites (tertiary alicyclic amines) is 1. The van der Waals surface area contributed by atoms with Gasteiger partial charge in [-0.1, -0.05) is 55.3 Å². The highest BCUT2D eigenvalue weighted by Gasteiger charge is 2.44. The number of imidazole rings is 1. The largest absolute Gasteiger partial charge is 0.342 e. The number of piperidine rings is 2. The molecule has 0 unspecified atom stereocenters. The number of para-hydroxylation sites is 2. The van der Waals surface area contributed by atoms with Gasteiger partial charge in [0.15, 0.2) is 0 Å². The zero-order chi connectivity index (χ0) is 26.4. The molecule has 39 heavy (non-hydrogen) atoms. The number of carbonyl (C=O) groups is 1. The molecule has 1 amide bonds. The first-order valence-electron chi connectivity index (χ1n) is 15.6. The number of aromatic nitrogens is 2. The number of hydrogen-bond donors (Lipinski definition) is 0. The molecule has 3 aliphatic heterocycles. The topological polar surface area (TPSA) is 41.4 Å². The minimum atomic E-state index is 0.182. The van der Waals surface area contributed by atoms with E-state index >= 15 is 0 Å². The van der Waals surface area contributed by atoms with Gasteiger partial charge in [0.2, 0.25) is 5.91 Å². The van der Waals surface area contributed by atoms with Gasteiger partial charge in [-0.3, -0.25) is 9.69 Å². The summed E-state index contributed by atoms with van der Waals surface area (Å²) in [6.07, 6.45) is 13.2. The number of fused-ring (bicyclic) bond motifs is 3. The van der Waals surface area contributed by atoms with Crippen molar-refractivity contribution in [2.24, 2.45) is 5.92 Å². The minimum absolute atomic E-state index is 0.182. The highest BCUT2D eigenvalue weighted by atomic mass is 16.2. The molecule has 4 heterocycles. The zero-order valence-electron chi connectivity index (χ0n) is 23.6. The Morgan fingerprint density at radius 1 is 0.872 bits per heavy atom. The number of rotatable bonds is 6. The molecule has 7 rings (SSSR count). The van der Waals surface area contributed by atoms with Crippen LogP contribution in [-0.2, 0) is 10.2 Å². The second-order valence-corrected chi connectivity index (χ2v) is 13.0. The number of hydrogen-bond acceptors (Lipinski definition) is 3. The molecule has 0 radical (unpaired) electrons. The molecule has 2 aromatic carbocycles. The minimum Gasteiger partial charge on any atom is -0.342 e. The fraction of sp³-hybridized carbons (Fsp3) is 0.588. The van der Waals surface area contributed by atoms with Crippen LogP contribution in [0.1, 0.15) is 88.1 Å². The van der Waals surface area contributed by atoms with E-state index in [1.807, 2.05) is 0 Å². The third kappa shape index (κ3) is 4.61. The summed E-state index contributed by atoms with van der Waals surface area (Å²) in [5.74, 6) is 1.90. The Morgan fingerprint density at radius 2 is 1.54 bits per heavy atom. The van der Waals surface area contributed by atoms with Crippen molar-refractivity contribution in [2.45, 2.75) is 101 Å². The summed E-state index contributed by atoms with van der Waals surface area (Å²) in [7, 11) is 0. The molecular weight excluding hydrogens is 480 g/mol. The Bertz CT molecular complexity index is 1290. The average molecular weight is 525 g/mol. The van der Waals surface area contributed by atoms with Gasteiger partial charge in [-0.25, -0.2) is 4.98 Å². The number of carbonyl (C=O) groups excluding carboxylic acids is 1. The molecule has 0 spiro atoms. The molecule has 3 saturated heterocycles. The van der Waals surface area contributed by atoms with E-state index in [0.29, 0.717) is 30.0 Å². The van der Waals surface area contributed by atoms with Crippen molar-refractivity contribution in [1.82, 2.24) is 19.4 Å². The van der Waals surface area contributed by atoms with Crippen molar-refractivity contribution >= 4 is 16.9 Å². The van der Waals surface area contributed by atoms with Crippen molar-refractivity contribution in [2.75, 3.05) is 19.6 Å². The Hall–Kier alpha value is -2.66. The summed E-state index contributed by atoms with van der Waals surface area (Å²) in [6.45, 7) is 5.21. The monoisotopic (exact) mass is 524 g/mol. The van der Waals surface area contributed by atoms with E-state index in [1.54, 1.807) is 0 Å². The molecule has 4 fully saturated rings. The van der Waals surface area contributed by atoms with Gasteiger partial charge in [-0.05, 0) is 94.4 Å². The van der Waals surface area contributed by atoms with Crippen LogP contribution >= 0.6 is 0 Å². The lowest BCUT2D eigenvalue weighted by molar-refractivity contribution is -0.137. The molecule has 3 aromatic rings. The van der Waals surface area contributed by atoms with Crippen molar-refractivity contribution in [3.8, 4) is 0 Å². The number of aryl methyl sites for hydroxylation is 1. The third-order valence-electron chi connectivity index (χ3n) is 11.0. The average Bonchev–Trinajstić information content (AvgIpc) is 3.68. The van der Waals surface area contributed by atoms with E-state index in [4.69, 9.17) is 4.98 Å². The van der Waals surface area contributed by atoms with Crippen LogP contribution in [0.3, 0.4) is 0 Å². The molecule has 0 N–H and O–H groups in total. The first kappa shape index (κ1) is 25.3. The summed E-state index contributed by atoms with van der Waals surface area (Å²) < 4.78 is 2.54. The lowest BCUT2D eigenvalue weighted by atomic mass is 9.70. The van der Waals surface area contributed by atoms with Gasteiger partial charge >= 0.3 is 0 Å². The highest BCUT2D eigenvalue weighted by Crippen LogP contribution is 2.45. The Kier molecular flexibility index (Phi) is 6.74. The fourth-order valence-corrected chi connectivity index (χ4v) is 8.85. The van der Waals surface area contributed by atoms with E-state index < -0.39 is 0 Å². The maximum Gasteiger partial charge on any atom is 0.225 e. The quantitative estimate of drug-likeness (QED) is 0.362. The first-order chi connectivity index (χ1) is 19.1. The van der Waals surface area contributed by atoms with Gasteiger partial charge in [-0.2, -0.15) is 0 Å². The smallest absolute Gasteiger partial charge is 0.225 e. The van der Waals surface area contributed by atoms with Crippen molar-refractivity contribution in [3.63, 3.8) is 0 Å². The van der Waals surface area contributed by atoms with Crippen molar-refractivity contribution in [3.05, 3.63) is 66.0 Å². The summed E-state index contributed by atoms with van der Waals surface area (Å²) in [6, 6.07) is 21.8. The zero-order valence-corrected chi connectivity index (χ0v) is 23.6. The van der Waals surface area contributed by atoms with Gasteiger partial charge in [0, 0.05) is 37.1 Å². The van der Waals surface area contributed by atoms with Gasteiger partial charge in [0.25, 0.3) is 0 Å². The summed E-state index contributed by atoms with van der Waals surface area (Å²) in [4.78, 5) is 23.2. The number of amides is 1. The van der Waals surface area contributed by atoms with E-state index in [1.165, 1.54) is 62.6 Å². The Morgan fingerprint density at radius 3 is 2.26 bits per heavy atom. The molecule has 3 atom stereocenters. The van der Waals surface area contributed by atoms with E-state index in [0.717, 1.165) is 50.1 Å². The number of benzene rings is 2. The molecule has 206 valence electrons. The van der Waals surface area contributed by atoms with Gasteiger partial charge < -0.3 is 9.47 Å². The molecule has 5 nitrogen and oxygen atoms in total. The third-order valence-corrected chi connectivity index (χ3v) is 11.0. The molecule has 1 aromatic heterocycles. The molecule has 1 aliphatic carbocycles. The Labute approximate surface area is 233 Å². The standard InChI is InChI=1S/C34H44N4O/c1-25-35-31-13-7-8-14-32(31)38(25)30-23-28-15-16-29(24-30)37(28)22-19-34(27-11-3-2-4-12-27)17-20-36(21-18-34)33(39)26-9-5-6-10-26/h2-4,7-8,11-14,26,28-30H,5-6,9-10,15-24H2,1H3/t28-,29+,30+. The normalized spacial score (nSPS) is 27.4. The lowest BCUT2D eigenvalue weighted by Crippen LogP contribution is -2.49. The van der Waals surface area contributed by atoms with Crippen LogP contribution in [0.4, 0.5) is 0 Å². The van der Waals surface area contributed by atoms with E-state index in [9.17, 15) is 4.79 Å². The van der Waals surface area contributed by atoms with Crippen LogP contribution < -0.4 is 0 Å². The predicted octanol–water partition coefficient (Wildman–Crippen LogP) is 6.65. The molecule has 1 saturated carbocycles. The maximum absolute atomic E-state index is 13.2. The summed E-state index contributed by atoms with van der Waals surface area (Å²) in [5.41, 5.74) is 4.10. The first-order valence-corrected chi connectivity index (χ1v) is 15.6. The highest BCUT2D eigenvalue weighted by molar-refractivity contribution is 5.79. The van der Waals surface area contributed by atoms with Gasteiger partial charge in [-0.15, -0.1) is 0 Å². The van der Waals surface area contributed by atoms with Crippen LogP contribution in [0, 0.1) is 12.8 Å². The van der Waals surface area contributed by atoms with Crippen LogP contribution in [0.2, 0.25) is 0 Å². The van der Waals surface area contributed by atoms with Crippen molar-refractivity contribution in [1.29, 1.82) is 0 Å². The number of nitrogens with zero attached hydrogens (tertiary/aromatic N) is 4. The maximum atomic E-state index is 13.2. The lowest BCUT2D eigenvalue weighted by Gasteiger charge is -2.46. The van der Waals surface area contributed by atoms with Crippen molar-refractivity contribution < 1.29 is 4.79 Å². The molecular formula is C34H44N4O. The van der Waals surface area contributed by atoms with Crippen LogP contribution in [-0.4, -0.2) is 57.0 Å². The van der Waals surface area contributed by atoms with Gasteiger partial charge in [0.1, 0.15) is 5.82 Å². The van der Waals surface area contributed by atoms with Crippen LogP contribution in [0.25, 0.3) is 11.0 Å². The second kappa shape index (κ2) is 10.4. The van der Waals surface area contributed by atoms with Crippen LogP contribution in [0.5, 0.6) is 0 Å². The van der Waals surface area contributed by atoms with Gasteiger partial charge in [0.05, 0.1) is 11.0 Å². The summed E-state index contributed by atoms with van der Waals surface area (Å²) in [5, 5.41) is 0. The van der Waals surface area contributed by atoms with E-state index in [-0.39, 0.29) is 5.41 Å². The molecule has 5 heteroatoms. The summed E-state index contributed by atoms with van der Waals surface area (Å²) >= 11 is 0. The van der Waals surface area contributed by atoms with Crippen LogP contribution in [0.15, 0.2) is 54.6 Å². The SMILES string of the molecule is Cc1nc2ccccc2n1[C@H]1C[C@H]2CC[C@@H](C1)N2CCC1(c2ccccc2)CCN(C(=O)C2CCCC2)CC1. The molecule has 2 bridgehead atoms. The Balaban J connectivity index is 1.06. The predicted molar refractivity (Wildman–Crippen MR) is 157 cm³/mol. The molecule has 4 aliphatic rings. The fourth-order valence-electron chi connectivity index (χ4n) is 8.85. The van der Waals surface area contributed by atoms with E-state index in [2.05, 4.69) is 75.9 Å². The second-order valence-electron chi connectivity index (χ2n) is 13.0.